The van der Waals surface area contributed by atoms with Crippen LogP contribution >= 0.6 is 10.0 Å². The van der Waals surface area contributed by atoms with E-state index in [1.54, 1.807) is 12.1 Å². The van der Waals surface area contributed by atoms with Crippen molar-refractivity contribution in [2.45, 2.75) is 10.6 Å². The molecule has 0 atom stereocenters. The molecule has 21 heavy (non-hydrogen) atoms. The van der Waals surface area contributed by atoms with Crippen molar-refractivity contribution in [3.63, 3.8) is 0 Å². The van der Waals surface area contributed by atoms with E-state index in [-0.39, 0.29) is 0 Å². The van der Waals surface area contributed by atoms with Crippen LogP contribution in [0, 0.1) is 0 Å². The third-order valence-corrected chi connectivity index (χ3v) is 6.45. The fraction of sp³-hybridized carbons (Fsp3) is 0.158. The van der Waals surface area contributed by atoms with Gasteiger partial charge in [0.15, 0.2) is 0 Å². The summed E-state index contributed by atoms with van der Waals surface area (Å²) >= 11 is 0. The molecule has 0 saturated carbocycles. The van der Waals surface area contributed by atoms with Crippen LogP contribution in [-0.2, 0) is 5.75 Å². The fourth-order valence-electron chi connectivity index (χ4n) is 2.70. The Morgan fingerprint density at radius 3 is 2.24 bits per heavy atom. The molecule has 0 spiro atoms. The normalized spacial score (nSPS) is 12.5. The average molecular weight is 296 g/mol. The summed E-state index contributed by atoms with van der Waals surface area (Å²) < 4.78 is 0. The Morgan fingerprint density at radius 1 is 0.810 bits per heavy atom. The summed E-state index contributed by atoms with van der Waals surface area (Å²) in [6, 6.07) is 22.8. The van der Waals surface area contributed by atoms with Crippen molar-refractivity contribution in [3.05, 3.63) is 72.3 Å². The molecule has 1 N–H and O–H groups in total. The third kappa shape index (κ3) is 2.91. The van der Waals surface area contributed by atoms with E-state index in [2.05, 4.69) is 67.1 Å². The van der Waals surface area contributed by atoms with Gasteiger partial charge in [0.25, 0.3) is 0 Å². The average Bonchev–Trinajstić information content (AvgIpc) is 2.48. The molecule has 0 heterocycles. The minimum Gasteiger partial charge on any atom is -0.508 e. The van der Waals surface area contributed by atoms with E-state index in [1.165, 1.54) is 21.2 Å². The van der Waals surface area contributed by atoms with Gasteiger partial charge in [0.2, 0.25) is 0 Å². The van der Waals surface area contributed by atoms with Crippen LogP contribution in [0.15, 0.2) is 71.6 Å². The van der Waals surface area contributed by atoms with Crippen LogP contribution in [0.5, 0.6) is 5.75 Å². The molecule has 0 aliphatic carbocycles. The Labute approximate surface area is 127 Å². The minimum atomic E-state index is -0.933. The van der Waals surface area contributed by atoms with Crippen molar-refractivity contribution in [2.75, 3.05) is 12.5 Å². The highest BCUT2D eigenvalue weighted by Gasteiger charge is 2.16. The molecule has 0 aromatic heterocycles. The zero-order chi connectivity index (χ0) is 14.9. The zero-order valence-corrected chi connectivity index (χ0v) is 13.2. The van der Waals surface area contributed by atoms with E-state index in [0.29, 0.717) is 5.75 Å². The summed E-state index contributed by atoms with van der Waals surface area (Å²) in [5.74, 6) is 1.39. The number of fused-ring (bicyclic) bond motifs is 1. The molecule has 0 aliphatic rings. The second-order valence-electron chi connectivity index (χ2n) is 5.81. The maximum absolute atomic E-state index is 9.46. The quantitative estimate of drug-likeness (QED) is 0.707. The number of rotatable bonds is 3. The van der Waals surface area contributed by atoms with Crippen LogP contribution in [0.4, 0.5) is 0 Å². The topological polar surface area (TPSA) is 20.2 Å². The predicted octanol–water partition coefficient (Wildman–Crippen LogP) is 5.17. The number of phenolic OH excluding ortho intramolecular Hbond substituents is 1. The molecule has 108 valence electrons. The van der Waals surface area contributed by atoms with Crippen LogP contribution in [0.25, 0.3) is 10.8 Å². The first-order valence-electron chi connectivity index (χ1n) is 7.03. The number of hydrogen-bond donors (Lipinski definition) is 1. The van der Waals surface area contributed by atoms with Crippen molar-refractivity contribution >= 4 is 20.8 Å². The Kier molecular flexibility index (Phi) is 3.64. The van der Waals surface area contributed by atoms with Crippen molar-refractivity contribution in [1.29, 1.82) is 0 Å². The molecule has 0 aliphatic heterocycles. The Bertz CT molecular complexity index is 755. The van der Waals surface area contributed by atoms with Crippen molar-refractivity contribution in [3.8, 4) is 5.75 Å². The number of hydrogen-bond acceptors (Lipinski definition) is 1. The first kappa shape index (κ1) is 14.0. The second-order valence-corrected chi connectivity index (χ2v) is 9.65. The van der Waals surface area contributed by atoms with Gasteiger partial charge < -0.3 is 5.11 Å². The maximum atomic E-state index is 9.46. The molecule has 2 heteroatoms. The van der Waals surface area contributed by atoms with Gasteiger partial charge >= 0.3 is 0 Å². The monoisotopic (exact) mass is 296 g/mol. The SMILES string of the molecule is CS(C)(Cc1cccc2ccccc12)c1ccc(O)cc1. The Hall–Kier alpha value is -1.93. The number of aromatic hydroxyl groups is 1. The Morgan fingerprint density at radius 2 is 1.48 bits per heavy atom. The molecule has 0 radical (unpaired) electrons. The number of phenols is 1. The van der Waals surface area contributed by atoms with E-state index in [1.807, 2.05) is 0 Å². The lowest BCUT2D eigenvalue weighted by molar-refractivity contribution is 0.475. The summed E-state index contributed by atoms with van der Waals surface area (Å²) in [6.45, 7) is 0. The van der Waals surface area contributed by atoms with Crippen molar-refractivity contribution < 1.29 is 5.11 Å². The highest BCUT2D eigenvalue weighted by molar-refractivity contribution is 8.32. The lowest BCUT2D eigenvalue weighted by Crippen LogP contribution is -2.01. The van der Waals surface area contributed by atoms with Gasteiger partial charge in [-0.25, -0.2) is 10.0 Å². The van der Waals surface area contributed by atoms with Gasteiger partial charge in [-0.3, -0.25) is 0 Å². The van der Waals surface area contributed by atoms with Gasteiger partial charge in [-0.1, -0.05) is 42.5 Å². The van der Waals surface area contributed by atoms with E-state index >= 15 is 0 Å². The van der Waals surface area contributed by atoms with E-state index in [0.717, 1.165) is 5.75 Å². The lowest BCUT2D eigenvalue weighted by atomic mass is 10.1. The molecular formula is C19H20OS. The Balaban J connectivity index is 1.99. The van der Waals surface area contributed by atoms with Crippen molar-refractivity contribution in [1.82, 2.24) is 0 Å². The van der Waals surface area contributed by atoms with Gasteiger partial charge in [0, 0.05) is 5.75 Å². The first-order chi connectivity index (χ1) is 10.1. The lowest BCUT2D eigenvalue weighted by Gasteiger charge is -2.32. The largest absolute Gasteiger partial charge is 0.508 e. The molecule has 3 rings (SSSR count). The minimum absolute atomic E-state index is 0.333. The maximum Gasteiger partial charge on any atom is 0.115 e. The van der Waals surface area contributed by atoms with Gasteiger partial charge in [-0.2, -0.15) is 0 Å². The van der Waals surface area contributed by atoms with Gasteiger partial charge in [0.1, 0.15) is 5.75 Å². The second kappa shape index (κ2) is 5.45. The third-order valence-electron chi connectivity index (χ3n) is 3.87. The van der Waals surface area contributed by atoms with Crippen LogP contribution < -0.4 is 0 Å². The first-order valence-corrected chi connectivity index (χ1v) is 9.65. The van der Waals surface area contributed by atoms with Crippen LogP contribution in [0.3, 0.4) is 0 Å². The van der Waals surface area contributed by atoms with Crippen LogP contribution in [0.1, 0.15) is 5.56 Å². The molecule has 1 nitrogen and oxygen atoms in total. The molecule has 0 saturated heterocycles. The molecule has 0 bridgehead atoms. The molecule has 0 unspecified atom stereocenters. The van der Waals surface area contributed by atoms with Crippen molar-refractivity contribution in [2.24, 2.45) is 0 Å². The van der Waals surface area contributed by atoms with Crippen LogP contribution in [-0.4, -0.2) is 17.6 Å². The van der Waals surface area contributed by atoms with Gasteiger partial charge in [-0.05, 0) is 58.0 Å². The molecular weight excluding hydrogens is 276 g/mol. The molecule has 0 fully saturated rings. The smallest absolute Gasteiger partial charge is 0.115 e. The zero-order valence-electron chi connectivity index (χ0n) is 12.4. The summed E-state index contributed by atoms with van der Waals surface area (Å²) in [6.07, 6.45) is 4.67. The summed E-state index contributed by atoms with van der Waals surface area (Å²) in [5, 5.41) is 12.1. The summed E-state index contributed by atoms with van der Waals surface area (Å²) in [7, 11) is -0.933. The fourth-order valence-corrected chi connectivity index (χ4v) is 4.77. The highest BCUT2D eigenvalue weighted by atomic mass is 32.3. The van der Waals surface area contributed by atoms with Gasteiger partial charge in [-0.15, -0.1) is 0 Å². The molecule has 0 amide bonds. The molecule has 3 aromatic carbocycles. The van der Waals surface area contributed by atoms with E-state index in [9.17, 15) is 5.11 Å². The van der Waals surface area contributed by atoms with E-state index < -0.39 is 10.0 Å². The van der Waals surface area contributed by atoms with E-state index in [4.69, 9.17) is 0 Å². The highest BCUT2D eigenvalue weighted by Crippen LogP contribution is 2.52. The number of benzene rings is 3. The van der Waals surface area contributed by atoms with Gasteiger partial charge in [0.05, 0.1) is 0 Å². The van der Waals surface area contributed by atoms with Crippen LogP contribution in [0.2, 0.25) is 0 Å². The predicted molar refractivity (Wildman–Crippen MR) is 93.5 cm³/mol. The summed E-state index contributed by atoms with van der Waals surface area (Å²) in [4.78, 5) is 1.33. The standard InChI is InChI=1S/C19H20OS/c1-21(2,18-12-10-17(20)11-13-18)14-16-8-5-7-15-6-3-4-9-19(15)16/h3-13,20H,14H2,1-2H3. The summed E-state index contributed by atoms with van der Waals surface area (Å²) in [5.41, 5.74) is 1.40. The molecule has 3 aromatic rings.